The van der Waals surface area contributed by atoms with Crippen molar-refractivity contribution in [3.05, 3.63) is 200 Å². The van der Waals surface area contributed by atoms with E-state index in [-0.39, 0.29) is 0 Å². The molecule has 0 saturated carbocycles. The average Bonchev–Trinajstić information content (AvgIpc) is 3.54. The SMILES string of the molecule is c1ccc(-c2ccc3c(c2)c2cc(-c4ccc(-c5cccc6ccccc56)cc4)ccc2n3-c2ccc(-c3cccc4ccccc34)cc2)cc1. The van der Waals surface area contributed by atoms with Gasteiger partial charge in [0, 0.05) is 16.5 Å². The molecule has 1 nitrogen and oxygen atoms in total. The molecule has 10 rings (SSSR count). The van der Waals surface area contributed by atoms with Crippen LogP contribution in [0.5, 0.6) is 0 Å². The van der Waals surface area contributed by atoms with Gasteiger partial charge >= 0.3 is 0 Å². The Kier molecular flexibility index (Phi) is 6.89. The zero-order valence-electron chi connectivity index (χ0n) is 28.0. The largest absolute Gasteiger partial charge is 0.309 e. The van der Waals surface area contributed by atoms with Crippen molar-refractivity contribution >= 4 is 43.4 Å². The van der Waals surface area contributed by atoms with E-state index in [0.717, 1.165) is 5.69 Å². The maximum absolute atomic E-state index is 2.42. The predicted octanol–water partition coefficient (Wildman–Crippen LogP) is 13.8. The highest BCUT2D eigenvalue weighted by Gasteiger charge is 2.16. The molecule has 1 heterocycles. The molecule has 0 bridgehead atoms. The van der Waals surface area contributed by atoms with Gasteiger partial charge in [-0.2, -0.15) is 0 Å². The number of benzene rings is 9. The maximum atomic E-state index is 2.42. The van der Waals surface area contributed by atoms with E-state index in [1.807, 2.05) is 0 Å². The van der Waals surface area contributed by atoms with Gasteiger partial charge in [0.15, 0.2) is 0 Å². The Labute approximate surface area is 297 Å². The molecule has 0 aliphatic heterocycles. The molecule has 0 fully saturated rings. The van der Waals surface area contributed by atoms with Gasteiger partial charge in [-0.1, -0.05) is 164 Å². The van der Waals surface area contributed by atoms with Crippen LogP contribution in [0, 0.1) is 0 Å². The van der Waals surface area contributed by atoms with Gasteiger partial charge in [0.05, 0.1) is 11.0 Å². The first-order valence-electron chi connectivity index (χ1n) is 17.6. The quantitative estimate of drug-likeness (QED) is 0.175. The first kappa shape index (κ1) is 29.2. The molecule has 0 unspecified atom stereocenters. The third-order valence-electron chi connectivity index (χ3n) is 10.4. The van der Waals surface area contributed by atoms with Crippen LogP contribution in [0.3, 0.4) is 0 Å². The highest BCUT2D eigenvalue weighted by atomic mass is 15.0. The van der Waals surface area contributed by atoms with Crippen LogP contribution in [0.1, 0.15) is 0 Å². The lowest BCUT2D eigenvalue weighted by atomic mass is 9.95. The Hall–Kier alpha value is -6.70. The summed E-state index contributed by atoms with van der Waals surface area (Å²) in [5, 5.41) is 7.57. The smallest absolute Gasteiger partial charge is 0.0541 e. The van der Waals surface area contributed by atoms with Crippen molar-refractivity contribution in [2.24, 2.45) is 0 Å². The molecule has 238 valence electrons. The van der Waals surface area contributed by atoms with Crippen molar-refractivity contribution in [1.82, 2.24) is 4.57 Å². The summed E-state index contributed by atoms with van der Waals surface area (Å²) in [6.07, 6.45) is 0. The lowest BCUT2D eigenvalue weighted by Gasteiger charge is -2.11. The average molecular weight is 648 g/mol. The number of aromatic nitrogens is 1. The summed E-state index contributed by atoms with van der Waals surface area (Å²) in [5.74, 6) is 0. The fourth-order valence-corrected chi connectivity index (χ4v) is 7.88. The molecule has 10 aromatic rings. The molecule has 0 aliphatic rings. The molecule has 0 N–H and O–H groups in total. The summed E-state index contributed by atoms with van der Waals surface area (Å²) in [6, 6.07) is 73.0. The molecule has 1 aromatic heterocycles. The molecule has 0 spiro atoms. The summed E-state index contributed by atoms with van der Waals surface area (Å²) >= 11 is 0. The fraction of sp³-hybridized carbons (Fsp3) is 0. The van der Waals surface area contributed by atoms with Crippen LogP contribution in [0.25, 0.3) is 93.5 Å². The van der Waals surface area contributed by atoms with E-state index in [0.29, 0.717) is 0 Å². The second kappa shape index (κ2) is 12.0. The van der Waals surface area contributed by atoms with E-state index in [4.69, 9.17) is 0 Å². The van der Waals surface area contributed by atoms with Crippen LogP contribution in [0.4, 0.5) is 0 Å². The number of fused-ring (bicyclic) bond motifs is 5. The van der Waals surface area contributed by atoms with Gasteiger partial charge in [-0.15, -0.1) is 0 Å². The van der Waals surface area contributed by atoms with E-state index < -0.39 is 0 Å². The summed E-state index contributed by atoms with van der Waals surface area (Å²) in [4.78, 5) is 0. The van der Waals surface area contributed by atoms with Crippen LogP contribution in [0.2, 0.25) is 0 Å². The Morgan fingerprint density at radius 3 is 1.22 bits per heavy atom. The van der Waals surface area contributed by atoms with Crippen molar-refractivity contribution in [2.45, 2.75) is 0 Å². The Balaban J connectivity index is 1.10. The molecular formula is C50H33N. The monoisotopic (exact) mass is 647 g/mol. The highest BCUT2D eigenvalue weighted by Crippen LogP contribution is 2.39. The minimum absolute atomic E-state index is 1.15. The number of nitrogens with zero attached hydrogens (tertiary/aromatic N) is 1. The lowest BCUT2D eigenvalue weighted by molar-refractivity contribution is 1.18. The molecule has 0 saturated heterocycles. The zero-order valence-corrected chi connectivity index (χ0v) is 28.0. The lowest BCUT2D eigenvalue weighted by Crippen LogP contribution is -1.94. The van der Waals surface area contributed by atoms with Crippen LogP contribution >= 0.6 is 0 Å². The second-order valence-electron chi connectivity index (χ2n) is 13.3. The number of rotatable bonds is 5. The molecule has 0 aliphatic carbocycles. The number of hydrogen-bond donors (Lipinski definition) is 0. The maximum Gasteiger partial charge on any atom is 0.0541 e. The van der Waals surface area contributed by atoms with Gasteiger partial charge in [-0.3, -0.25) is 0 Å². The Morgan fingerprint density at radius 2 is 0.667 bits per heavy atom. The van der Waals surface area contributed by atoms with Gasteiger partial charge in [0.2, 0.25) is 0 Å². The topological polar surface area (TPSA) is 4.93 Å². The van der Waals surface area contributed by atoms with Gasteiger partial charge in [0.25, 0.3) is 0 Å². The predicted molar refractivity (Wildman–Crippen MR) is 218 cm³/mol. The Bertz CT molecular complexity index is 2870. The summed E-state index contributed by atoms with van der Waals surface area (Å²) in [5.41, 5.74) is 13.4. The number of hydrogen-bond acceptors (Lipinski definition) is 0. The molecule has 0 atom stereocenters. The Morgan fingerprint density at radius 1 is 0.255 bits per heavy atom. The van der Waals surface area contributed by atoms with Gasteiger partial charge in [-0.05, 0) is 102 Å². The van der Waals surface area contributed by atoms with E-state index >= 15 is 0 Å². The van der Waals surface area contributed by atoms with Gasteiger partial charge in [-0.25, -0.2) is 0 Å². The van der Waals surface area contributed by atoms with E-state index in [1.165, 1.54) is 87.9 Å². The fourth-order valence-electron chi connectivity index (χ4n) is 7.88. The third kappa shape index (κ3) is 5.02. The van der Waals surface area contributed by atoms with Crippen LogP contribution in [-0.2, 0) is 0 Å². The molecular weight excluding hydrogens is 615 g/mol. The van der Waals surface area contributed by atoms with Crippen molar-refractivity contribution in [3.63, 3.8) is 0 Å². The van der Waals surface area contributed by atoms with Crippen molar-refractivity contribution in [2.75, 3.05) is 0 Å². The van der Waals surface area contributed by atoms with Crippen LogP contribution in [0.15, 0.2) is 200 Å². The van der Waals surface area contributed by atoms with Crippen molar-refractivity contribution in [1.29, 1.82) is 0 Å². The normalized spacial score (nSPS) is 11.5. The second-order valence-corrected chi connectivity index (χ2v) is 13.3. The third-order valence-corrected chi connectivity index (χ3v) is 10.4. The first-order chi connectivity index (χ1) is 25.3. The van der Waals surface area contributed by atoms with Crippen molar-refractivity contribution < 1.29 is 0 Å². The van der Waals surface area contributed by atoms with Gasteiger partial charge in [0.1, 0.15) is 0 Å². The standard InChI is InChI=1S/C50H33N/c1-2-10-34(11-3-1)40-26-30-49-47(32-40)48-33-41(35-20-22-38(23-21-35)45-18-8-14-36-12-4-6-16-43(36)45)27-31-50(48)51(49)42-28-24-39(25-29-42)46-19-9-15-37-13-5-7-17-44(37)46/h1-33H. The molecule has 0 amide bonds. The minimum Gasteiger partial charge on any atom is -0.309 e. The van der Waals surface area contributed by atoms with Crippen molar-refractivity contribution in [3.8, 4) is 50.2 Å². The molecule has 1 heteroatoms. The zero-order chi connectivity index (χ0) is 33.7. The molecule has 51 heavy (non-hydrogen) atoms. The molecule has 0 radical (unpaired) electrons. The van der Waals surface area contributed by atoms with E-state index in [1.54, 1.807) is 0 Å². The summed E-state index contributed by atoms with van der Waals surface area (Å²) in [7, 11) is 0. The van der Waals surface area contributed by atoms with Crippen LogP contribution in [-0.4, -0.2) is 4.57 Å². The highest BCUT2D eigenvalue weighted by molar-refractivity contribution is 6.12. The van der Waals surface area contributed by atoms with Gasteiger partial charge < -0.3 is 4.57 Å². The first-order valence-corrected chi connectivity index (χ1v) is 17.6. The van der Waals surface area contributed by atoms with Crippen LogP contribution < -0.4 is 0 Å². The minimum atomic E-state index is 1.15. The summed E-state index contributed by atoms with van der Waals surface area (Å²) in [6.45, 7) is 0. The summed E-state index contributed by atoms with van der Waals surface area (Å²) < 4.78 is 2.42. The van der Waals surface area contributed by atoms with E-state index in [2.05, 4.69) is 205 Å². The van der Waals surface area contributed by atoms with E-state index in [9.17, 15) is 0 Å². The molecule has 9 aromatic carbocycles.